The van der Waals surface area contributed by atoms with Crippen molar-refractivity contribution in [2.24, 2.45) is 0 Å². The zero-order chi connectivity index (χ0) is 17.5. The third kappa shape index (κ3) is 2.94. The Morgan fingerprint density at radius 1 is 1.25 bits per heavy atom. The molecule has 124 valence electrons. The van der Waals surface area contributed by atoms with Gasteiger partial charge in [0.2, 0.25) is 5.13 Å². The second-order valence-electron chi connectivity index (χ2n) is 6.29. The van der Waals surface area contributed by atoms with Crippen molar-refractivity contribution in [3.63, 3.8) is 0 Å². The number of fused-ring (bicyclic) bond motifs is 1. The lowest BCUT2D eigenvalue weighted by molar-refractivity contribution is 0.0911. The van der Waals surface area contributed by atoms with E-state index >= 15 is 0 Å². The fraction of sp³-hybridized carbons (Fsp3) is 0.294. The lowest BCUT2D eigenvalue weighted by atomic mass is 10.0. The summed E-state index contributed by atoms with van der Waals surface area (Å²) in [5.41, 5.74) is 8.23. The number of nitrogen functional groups attached to an aromatic ring is 1. The molecule has 0 atom stereocenters. The maximum atomic E-state index is 12.8. The SMILES string of the molecule is Cc1nc2c(C)cccc2cc1C(=O)NC(C)(C)c1nnc(N)s1. The number of hydrogen-bond donors (Lipinski definition) is 2. The number of anilines is 1. The Morgan fingerprint density at radius 3 is 2.67 bits per heavy atom. The summed E-state index contributed by atoms with van der Waals surface area (Å²) in [4.78, 5) is 17.4. The second-order valence-corrected chi connectivity index (χ2v) is 7.30. The van der Waals surface area contributed by atoms with Crippen LogP contribution in [0.5, 0.6) is 0 Å². The van der Waals surface area contributed by atoms with E-state index in [0.29, 0.717) is 21.4 Å². The average Bonchev–Trinajstić information content (AvgIpc) is 2.95. The third-order valence-corrected chi connectivity index (χ3v) is 4.96. The number of carbonyl (C=O) groups excluding carboxylic acids is 1. The van der Waals surface area contributed by atoms with Crippen molar-refractivity contribution in [2.75, 3.05) is 5.73 Å². The molecule has 0 aliphatic carbocycles. The molecule has 0 fully saturated rings. The van der Waals surface area contributed by atoms with Crippen LogP contribution in [-0.2, 0) is 5.54 Å². The van der Waals surface area contributed by atoms with Crippen LogP contribution >= 0.6 is 11.3 Å². The number of carbonyl (C=O) groups is 1. The van der Waals surface area contributed by atoms with Gasteiger partial charge in [-0.25, -0.2) is 0 Å². The Balaban J connectivity index is 1.95. The van der Waals surface area contributed by atoms with Gasteiger partial charge in [0.15, 0.2) is 0 Å². The largest absolute Gasteiger partial charge is 0.374 e. The molecule has 0 bridgehead atoms. The van der Waals surface area contributed by atoms with Gasteiger partial charge in [-0.3, -0.25) is 9.78 Å². The summed E-state index contributed by atoms with van der Waals surface area (Å²) in [6.07, 6.45) is 0. The summed E-state index contributed by atoms with van der Waals surface area (Å²) in [6, 6.07) is 7.81. The molecule has 0 aliphatic rings. The molecule has 0 saturated carbocycles. The van der Waals surface area contributed by atoms with Gasteiger partial charge in [-0.1, -0.05) is 29.5 Å². The van der Waals surface area contributed by atoms with Crippen molar-refractivity contribution in [3.05, 3.63) is 46.1 Å². The first kappa shape index (κ1) is 16.3. The first-order valence-electron chi connectivity index (χ1n) is 7.57. The van der Waals surface area contributed by atoms with E-state index < -0.39 is 5.54 Å². The second kappa shape index (κ2) is 5.83. The van der Waals surface area contributed by atoms with Gasteiger partial charge in [-0.15, -0.1) is 10.2 Å². The molecule has 1 amide bonds. The normalized spacial score (nSPS) is 11.7. The summed E-state index contributed by atoms with van der Waals surface area (Å²) in [5, 5.41) is 12.8. The van der Waals surface area contributed by atoms with Crippen molar-refractivity contribution in [3.8, 4) is 0 Å². The van der Waals surface area contributed by atoms with Crippen molar-refractivity contribution < 1.29 is 4.79 Å². The molecule has 3 rings (SSSR count). The summed E-state index contributed by atoms with van der Waals surface area (Å²) < 4.78 is 0. The quantitative estimate of drug-likeness (QED) is 0.764. The van der Waals surface area contributed by atoms with E-state index in [1.807, 2.05) is 52.0 Å². The smallest absolute Gasteiger partial charge is 0.253 e. The zero-order valence-corrected chi connectivity index (χ0v) is 14.9. The number of hydrogen-bond acceptors (Lipinski definition) is 6. The fourth-order valence-corrected chi connectivity index (χ4v) is 3.23. The zero-order valence-electron chi connectivity index (χ0n) is 14.0. The first-order valence-corrected chi connectivity index (χ1v) is 8.38. The fourth-order valence-electron chi connectivity index (χ4n) is 2.56. The van der Waals surface area contributed by atoms with Gasteiger partial charge in [-0.2, -0.15) is 0 Å². The topological polar surface area (TPSA) is 93.8 Å². The van der Waals surface area contributed by atoms with E-state index in [2.05, 4.69) is 20.5 Å². The Labute approximate surface area is 144 Å². The van der Waals surface area contributed by atoms with Crippen molar-refractivity contribution >= 4 is 33.3 Å². The summed E-state index contributed by atoms with van der Waals surface area (Å²) in [6.45, 7) is 7.60. The van der Waals surface area contributed by atoms with Crippen LogP contribution in [0.2, 0.25) is 0 Å². The van der Waals surface area contributed by atoms with Crippen molar-refractivity contribution in [2.45, 2.75) is 33.2 Å². The standard InChI is InChI=1S/C17H19N5OS/c1-9-6-5-7-11-8-12(10(2)19-13(9)11)14(23)20-17(3,4)15-21-22-16(18)24-15/h5-8H,1-4H3,(H2,18,22)(H,20,23). The third-order valence-electron chi connectivity index (χ3n) is 3.88. The molecule has 0 saturated heterocycles. The molecule has 6 nitrogen and oxygen atoms in total. The van der Waals surface area contributed by atoms with Gasteiger partial charge >= 0.3 is 0 Å². The van der Waals surface area contributed by atoms with E-state index in [1.54, 1.807) is 0 Å². The molecule has 24 heavy (non-hydrogen) atoms. The molecular weight excluding hydrogens is 322 g/mol. The van der Waals surface area contributed by atoms with Gasteiger partial charge in [0.1, 0.15) is 5.01 Å². The molecule has 3 N–H and O–H groups in total. The first-order chi connectivity index (χ1) is 11.3. The number of para-hydroxylation sites is 1. The number of aryl methyl sites for hydroxylation is 2. The van der Waals surface area contributed by atoms with Crippen LogP contribution < -0.4 is 11.1 Å². The number of nitrogens with one attached hydrogen (secondary N) is 1. The predicted molar refractivity (Wildman–Crippen MR) is 96.0 cm³/mol. The van der Waals surface area contributed by atoms with Crippen LogP contribution in [0.3, 0.4) is 0 Å². The molecule has 0 unspecified atom stereocenters. The molecule has 0 radical (unpaired) electrons. The Bertz CT molecular complexity index is 932. The van der Waals surface area contributed by atoms with E-state index in [4.69, 9.17) is 5.73 Å². The molecule has 2 aromatic heterocycles. The van der Waals surface area contributed by atoms with Crippen molar-refractivity contribution in [1.82, 2.24) is 20.5 Å². The highest BCUT2D eigenvalue weighted by Crippen LogP contribution is 2.26. The molecule has 3 aromatic rings. The molecule has 0 aliphatic heterocycles. The molecule has 1 aromatic carbocycles. The minimum atomic E-state index is -0.666. The van der Waals surface area contributed by atoms with Crippen LogP contribution in [0.15, 0.2) is 24.3 Å². The number of nitrogens with two attached hydrogens (primary N) is 1. The number of amides is 1. The van der Waals surface area contributed by atoms with Crippen LogP contribution in [-0.4, -0.2) is 21.1 Å². The number of pyridine rings is 1. The van der Waals surface area contributed by atoms with E-state index in [1.165, 1.54) is 11.3 Å². The minimum Gasteiger partial charge on any atom is -0.374 e. The minimum absolute atomic E-state index is 0.192. The number of aromatic nitrogens is 3. The number of nitrogens with zero attached hydrogens (tertiary/aromatic N) is 3. The predicted octanol–water partition coefficient (Wildman–Crippen LogP) is 2.95. The lowest BCUT2D eigenvalue weighted by Crippen LogP contribution is -2.41. The maximum Gasteiger partial charge on any atom is 0.253 e. The molecule has 2 heterocycles. The molecule has 0 spiro atoms. The summed E-state index contributed by atoms with van der Waals surface area (Å²) in [5.74, 6) is -0.192. The summed E-state index contributed by atoms with van der Waals surface area (Å²) >= 11 is 1.27. The monoisotopic (exact) mass is 341 g/mol. The van der Waals surface area contributed by atoms with Crippen molar-refractivity contribution in [1.29, 1.82) is 0 Å². The average molecular weight is 341 g/mol. The van der Waals surface area contributed by atoms with Gasteiger partial charge < -0.3 is 11.1 Å². The maximum absolute atomic E-state index is 12.8. The van der Waals surface area contributed by atoms with Crippen LogP contribution in [0, 0.1) is 13.8 Å². The van der Waals surface area contributed by atoms with E-state index in [-0.39, 0.29) is 5.91 Å². The Kier molecular flexibility index (Phi) is 3.96. The van der Waals surface area contributed by atoms with Crippen LogP contribution in [0.1, 0.15) is 40.5 Å². The molecule has 7 heteroatoms. The van der Waals surface area contributed by atoms with Crippen LogP contribution in [0.4, 0.5) is 5.13 Å². The van der Waals surface area contributed by atoms with Gasteiger partial charge in [0, 0.05) is 5.39 Å². The number of benzene rings is 1. The summed E-state index contributed by atoms with van der Waals surface area (Å²) in [7, 11) is 0. The Morgan fingerprint density at radius 2 is 2.00 bits per heavy atom. The Hall–Kier alpha value is -2.54. The van der Waals surface area contributed by atoms with Gasteiger partial charge in [0.25, 0.3) is 5.91 Å². The lowest BCUT2D eigenvalue weighted by Gasteiger charge is -2.23. The highest BCUT2D eigenvalue weighted by atomic mass is 32.1. The van der Waals surface area contributed by atoms with E-state index in [0.717, 1.165) is 16.5 Å². The van der Waals surface area contributed by atoms with Crippen LogP contribution in [0.25, 0.3) is 10.9 Å². The van der Waals surface area contributed by atoms with E-state index in [9.17, 15) is 4.79 Å². The number of rotatable bonds is 3. The van der Waals surface area contributed by atoms with Gasteiger partial charge in [-0.05, 0) is 39.3 Å². The highest BCUT2D eigenvalue weighted by Gasteiger charge is 2.28. The highest BCUT2D eigenvalue weighted by molar-refractivity contribution is 7.15. The van der Waals surface area contributed by atoms with Gasteiger partial charge in [0.05, 0.1) is 22.3 Å². The molecular formula is C17H19N5OS.